The van der Waals surface area contributed by atoms with Gasteiger partial charge in [-0.3, -0.25) is 14.9 Å². The van der Waals surface area contributed by atoms with Gasteiger partial charge in [0.25, 0.3) is 0 Å². The first kappa shape index (κ1) is 20.5. The lowest BCUT2D eigenvalue weighted by molar-refractivity contribution is -0.111. The summed E-state index contributed by atoms with van der Waals surface area (Å²) < 4.78 is 0.601. The number of anilines is 1. The van der Waals surface area contributed by atoms with Crippen molar-refractivity contribution in [3.8, 4) is 0 Å². The van der Waals surface area contributed by atoms with Gasteiger partial charge in [0.1, 0.15) is 0 Å². The number of ketones is 1. The summed E-state index contributed by atoms with van der Waals surface area (Å²) in [4.78, 5) is 24.1. The fourth-order valence-electron chi connectivity index (χ4n) is 2.10. The van der Waals surface area contributed by atoms with E-state index in [0.29, 0.717) is 30.6 Å². The highest BCUT2D eigenvalue weighted by Gasteiger charge is 2.11. The topological polar surface area (TPSA) is 72.0 Å². The monoisotopic (exact) mass is 449 g/mol. The maximum Gasteiger partial charge on any atom is 0.250 e. The quantitative estimate of drug-likeness (QED) is 0.224. The van der Waals surface area contributed by atoms with E-state index in [-0.39, 0.29) is 17.4 Å². The average Bonchev–Trinajstić information content (AvgIpc) is 3.13. The zero-order valence-electron chi connectivity index (χ0n) is 14.3. The third-order valence-electron chi connectivity index (χ3n) is 3.44. The molecule has 142 valence electrons. The van der Waals surface area contributed by atoms with Crippen molar-refractivity contribution in [2.45, 2.75) is 4.34 Å². The predicted molar refractivity (Wildman–Crippen MR) is 116 cm³/mol. The summed E-state index contributed by atoms with van der Waals surface area (Å²) in [6, 6.07) is 14.1. The van der Waals surface area contributed by atoms with Gasteiger partial charge in [-0.1, -0.05) is 82.7 Å². The first-order chi connectivity index (χ1) is 13.5. The van der Waals surface area contributed by atoms with Gasteiger partial charge in [0.05, 0.1) is 5.75 Å². The minimum atomic E-state index is -0.362. The van der Waals surface area contributed by atoms with Gasteiger partial charge < -0.3 is 0 Å². The zero-order chi connectivity index (χ0) is 19.9. The highest BCUT2D eigenvalue weighted by molar-refractivity contribution is 8.01. The molecular formula is C19H13Cl2N3O2S2. The van der Waals surface area contributed by atoms with Crippen molar-refractivity contribution >= 4 is 69.2 Å². The predicted octanol–water partition coefficient (Wildman–Crippen LogP) is 5.47. The van der Waals surface area contributed by atoms with Gasteiger partial charge in [-0.2, -0.15) is 0 Å². The molecule has 9 heteroatoms. The van der Waals surface area contributed by atoms with Gasteiger partial charge in [0.15, 0.2) is 10.1 Å². The van der Waals surface area contributed by atoms with Crippen LogP contribution in [0.3, 0.4) is 0 Å². The van der Waals surface area contributed by atoms with Crippen LogP contribution < -0.4 is 5.32 Å². The number of hydrogen-bond donors (Lipinski definition) is 1. The molecule has 0 aliphatic rings. The van der Waals surface area contributed by atoms with Gasteiger partial charge in [-0.15, -0.1) is 10.2 Å². The number of amides is 1. The molecule has 0 fully saturated rings. The minimum absolute atomic E-state index is 0.00848. The Hall–Kier alpha value is -2.19. The first-order valence-electron chi connectivity index (χ1n) is 8.00. The number of hydrogen-bond acceptors (Lipinski definition) is 6. The molecule has 0 bridgehead atoms. The molecule has 0 saturated carbocycles. The van der Waals surface area contributed by atoms with Crippen LogP contribution in [-0.4, -0.2) is 27.6 Å². The fourth-order valence-corrected chi connectivity index (χ4v) is 4.22. The number of aromatic nitrogens is 2. The molecule has 5 nitrogen and oxygen atoms in total. The number of nitrogens with one attached hydrogen (secondary N) is 1. The van der Waals surface area contributed by atoms with E-state index >= 15 is 0 Å². The molecule has 3 rings (SSSR count). The number of thioether (sulfide) groups is 1. The molecule has 0 unspecified atom stereocenters. The van der Waals surface area contributed by atoms with E-state index in [1.807, 2.05) is 18.2 Å². The normalized spacial score (nSPS) is 10.9. The van der Waals surface area contributed by atoms with Crippen LogP contribution >= 0.6 is 46.3 Å². The fraction of sp³-hybridized carbons (Fsp3) is 0.0526. The van der Waals surface area contributed by atoms with E-state index in [0.717, 1.165) is 0 Å². The second-order valence-corrected chi connectivity index (χ2v) is 8.48. The smallest absolute Gasteiger partial charge is 0.250 e. The largest absolute Gasteiger partial charge is 0.297 e. The minimum Gasteiger partial charge on any atom is -0.297 e. The number of rotatable bonds is 7. The summed E-state index contributed by atoms with van der Waals surface area (Å²) >= 11 is 14.4. The van der Waals surface area contributed by atoms with Crippen molar-refractivity contribution in [1.29, 1.82) is 0 Å². The molecule has 1 aromatic heterocycles. The Bertz CT molecular complexity index is 1020. The third kappa shape index (κ3) is 5.90. The molecule has 0 aliphatic carbocycles. The van der Waals surface area contributed by atoms with Gasteiger partial charge in [0.2, 0.25) is 11.0 Å². The molecule has 0 atom stereocenters. The molecule has 1 amide bonds. The summed E-state index contributed by atoms with van der Waals surface area (Å²) in [5, 5.41) is 11.9. The Morgan fingerprint density at radius 1 is 1.11 bits per heavy atom. The second kappa shape index (κ2) is 9.84. The number of carbonyl (C=O) groups is 2. The van der Waals surface area contributed by atoms with E-state index in [1.54, 1.807) is 36.4 Å². The van der Waals surface area contributed by atoms with Crippen molar-refractivity contribution in [2.24, 2.45) is 0 Å². The van der Waals surface area contributed by atoms with Crippen molar-refractivity contribution in [1.82, 2.24) is 10.2 Å². The molecule has 28 heavy (non-hydrogen) atoms. The standard InChI is InChI=1S/C19H13Cl2N3O2S2/c20-14-8-6-12(15(21)10-14)7-9-17(26)22-18-23-24-19(28-18)27-11-16(25)13-4-2-1-3-5-13/h1-10H,11H2,(H,22,23,26)/b9-7+. The first-order valence-corrected chi connectivity index (χ1v) is 10.6. The maximum absolute atomic E-state index is 12.1. The van der Waals surface area contributed by atoms with Crippen LogP contribution in [0, 0.1) is 0 Å². The van der Waals surface area contributed by atoms with Gasteiger partial charge in [-0.25, -0.2) is 0 Å². The van der Waals surface area contributed by atoms with Crippen LogP contribution in [0.25, 0.3) is 6.08 Å². The number of benzene rings is 2. The van der Waals surface area contributed by atoms with Crippen LogP contribution in [0.15, 0.2) is 58.9 Å². The van der Waals surface area contributed by atoms with Crippen molar-refractivity contribution in [3.05, 3.63) is 75.8 Å². The molecule has 1 N–H and O–H groups in total. The van der Waals surface area contributed by atoms with Crippen LogP contribution in [0.1, 0.15) is 15.9 Å². The van der Waals surface area contributed by atoms with E-state index < -0.39 is 0 Å². The summed E-state index contributed by atoms with van der Waals surface area (Å²) in [7, 11) is 0. The number of Topliss-reactive ketones (excluding diaryl/α,β-unsaturated/α-hetero) is 1. The summed E-state index contributed by atoms with van der Waals surface area (Å²) in [6.07, 6.45) is 2.94. The lowest BCUT2D eigenvalue weighted by Gasteiger charge is -1.99. The van der Waals surface area contributed by atoms with Crippen LogP contribution in [-0.2, 0) is 4.79 Å². The van der Waals surface area contributed by atoms with Crippen LogP contribution in [0.2, 0.25) is 10.0 Å². The Labute approximate surface area is 179 Å². The molecule has 0 radical (unpaired) electrons. The average molecular weight is 450 g/mol. The van der Waals surface area contributed by atoms with E-state index in [9.17, 15) is 9.59 Å². The molecule has 1 heterocycles. The van der Waals surface area contributed by atoms with Gasteiger partial charge in [-0.05, 0) is 23.8 Å². The SMILES string of the molecule is O=C(/C=C/c1ccc(Cl)cc1Cl)Nc1nnc(SCC(=O)c2ccccc2)s1. The number of carbonyl (C=O) groups excluding carboxylic acids is 2. The molecule has 3 aromatic rings. The lowest BCUT2D eigenvalue weighted by Crippen LogP contribution is -2.07. The Kier molecular flexibility index (Phi) is 7.22. The molecule has 0 aliphatic heterocycles. The summed E-state index contributed by atoms with van der Waals surface area (Å²) in [5.74, 6) is -0.102. The zero-order valence-corrected chi connectivity index (χ0v) is 17.4. The highest BCUT2D eigenvalue weighted by Crippen LogP contribution is 2.26. The van der Waals surface area contributed by atoms with E-state index in [1.165, 1.54) is 29.2 Å². The Balaban J connectivity index is 1.53. The molecule has 2 aromatic carbocycles. The van der Waals surface area contributed by atoms with Crippen LogP contribution in [0.4, 0.5) is 5.13 Å². The van der Waals surface area contributed by atoms with Gasteiger partial charge >= 0.3 is 0 Å². The van der Waals surface area contributed by atoms with Crippen molar-refractivity contribution < 1.29 is 9.59 Å². The number of nitrogens with zero attached hydrogens (tertiary/aromatic N) is 2. The summed E-state index contributed by atoms with van der Waals surface area (Å²) in [6.45, 7) is 0. The third-order valence-corrected chi connectivity index (χ3v) is 5.97. The lowest BCUT2D eigenvalue weighted by atomic mass is 10.2. The highest BCUT2D eigenvalue weighted by atomic mass is 35.5. The number of halogens is 2. The van der Waals surface area contributed by atoms with Crippen molar-refractivity contribution in [2.75, 3.05) is 11.1 Å². The van der Waals surface area contributed by atoms with E-state index in [4.69, 9.17) is 23.2 Å². The van der Waals surface area contributed by atoms with Crippen LogP contribution in [0.5, 0.6) is 0 Å². The Morgan fingerprint density at radius 3 is 2.64 bits per heavy atom. The Morgan fingerprint density at radius 2 is 1.89 bits per heavy atom. The van der Waals surface area contributed by atoms with Gasteiger partial charge in [0, 0.05) is 21.7 Å². The van der Waals surface area contributed by atoms with E-state index in [2.05, 4.69) is 15.5 Å². The second-order valence-electron chi connectivity index (χ2n) is 5.44. The molecule has 0 spiro atoms. The molecular weight excluding hydrogens is 437 g/mol. The molecule has 0 saturated heterocycles. The maximum atomic E-state index is 12.1. The summed E-state index contributed by atoms with van der Waals surface area (Å²) in [5.41, 5.74) is 1.33. The van der Waals surface area contributed by atoms with Crippen molar-refractivity contribution in [3.63, 3.8) is 0 Å².